The van der Waals surface area contributed by atoms with Crippen LogP contribution in [0.15, 0.2) is 12.1 Å². The van der Waals surface area contributed by atoms with Crippen molar-refractivity contribution in [3.63, 3.8) is 0 Å². The van der Waals surface area contributed by atoms with Gasteiger partial charge in [0.1, 0.15) is 5.60 Å². The molecule has 0 saturated heterocycles. The summed E-state index contributed by atoms with van der Waals surface area (Å²) in [5, 5.41) is 9.21. The highest BCUT2D eigenvalue weighted by molar-refractivity contribution is 5.73. The number of carboxylic acid groups (broad SMARTS) is 1. The minimum absolute atomic E-state index is 0.383. The van der Waals surface area contributed by atoms with Crippen LogP contribution in [0.25, 0.3) is 0 Å². The van der Waals surface area contributed by atoms with Crippen LogP contribution in [0.4, 0.5) is 0 Å². The molecule has 0 unspecified atom stereocenters. The first kappa shape index (κ1) is 24.2. The topological polar surface area (TPSA) is 63.6 Å². The third-order valence-corrected chi connectivity index (χ3v) is 5.71. The molecule has 0 atom stereocenters. The average Bonchev–Trinajstić information content (AvgIpc) is 2.58. The van der Waals surface area contributed by atoms with Crippen LogP contribution < -0.4 is 0 Å². The zero-order chi connectivity index (χ0) is 21.4. The lowest BCUT2D eigenvalue weighted by molar-refractivity contribution is -0.147. The summed E-state index contributed by atoms with van der Waals surface area (Å²) < 4.78 is 5.11. The summed E-state index contributed by atoms with van der Waals surface area (Å²) in [6, 6.07) is 4.60. The molecule has 0 spiro atoms. The van der Waals surface area contributed by atoms with E-state index in [0.717, 1.165) is 44.9 Å². The van der Waals surface area contributed by atoms with Gasteiger partial charge in [-0.1, -0.05) is 18.6 Å². The van der Waals surface area contributed by atoms with Crippen molar-refractivity contribution in [3.05, 3.63) is 34.4 Å². The quantitative estimate of drug-likeness (QED) is 0.342. The summed E-state index contributed by atoms with van der Waals surface area (Å²) in [5.74, 6) is -0.718. The van der Waals surface area contributed by atoms with E-state index in [0.29, 0.717) is 12.9 Å². The Morgan fingerprint density at radius 3 is 1.82 bits per heavy atom. The van der Waals surface area contributed by atoms with Gasteiger partial charge in [0.25, 0.3) is 6.47 Å². The molecule has 1 aromatic rings. The van der Waals surface area contributed by atoms with E-state index in [2.05, 4.69) is 26.0 Å². The Balaban J connectivity index is 2.51. The van der Waals surface area contributed by atoms with Crippen molar-refractivity contribution >= 4 is 12.4 Å². The molecule has 1 N–H and O–H groups in total. The van der Waals surface area contributed by atoms with Gasteiger partial charge in [-0.25, -0.2) is 0 Å². The van der Waals surface area contributed by atoms with Crippen molar-refractivity contribution in [2.24, 2.45) is 5.41 Å². The fourth-order valence-electron chi connectivity index (χ4n) is 3.52. The summed E-state index contributed by atoms with van der Waals surface area (Å²) in [5.41, 5.74) is 4.39. The standard InChI is InChI=1S/C24H38O4/c1-18-16-21(12-8-10-14-24(5,6)28-17-25)19(2)15-20(18)11-7-9-13-23(3,4)22(26)27/h15-17H,7-14H2,1-6H3,(H,26,27). The maximum Gasteiger partial charge on any atom is 0.309 e. The first-order valence-electron chi connectivity index (χ1n) is 10.4. The molecule has 0 aromatic heterocycles. The van der Waals surface area contributed by atoms with Gasteiger partial charge in [0.15, 0.2) is 0 Å². The smallest absolute Gasteiger partial charge is 0.309 e. The molecule has 0 heterocycles. The average molecular weight is 391 g/mol. The molecule has 0 aliphatic rings. The summed E-state index contributed by atoms with van der Waals surface area (Å²) in [6.07, 6.45) is 7.67. The van der Waals surface area contributed by atoms with E-state index in [4.69, 9.17) is 4.74 Å². The van der Waals surface area contributed by atoms with E-state index >= 15 is 0 Å². The lowest BCUT2D eigenvalue weighted by Gasteiger charge is -2.22. The zero-order valence-corrected chi connectivity index (χ0v) is 18.6. The molecule has 4 heteroatoms. The fraction of sp³-hybridized carbons (Fsp3) is 0.667. The van der Waals surface area contributed by atoms with Crippen molar-refractivity contribution in [2.75, 3.05) is 0 Å². The molecule has 158 valence electrons. The van der Waals surface area contributed by atoms with Crippen LogP contribution >= 0.6 is 0 Å². The van der Waals surface area contributed by atoms with Crippen LogP contribution in [-0.2, 0) is 27.2 Å². The second-order valence-corrected chi connectivity index (χ2v) is 9.28. The van der Waals surface area contributed by atoms with E-state index in [1.807, 2.05) is 13.8 Å². The molecule has 0 aliphatic carbocycles. The van der Waals surface area contributed by atoms with Crippen LogP contribution in [-0.4, -0.2) is 23.1 Å². The molecule has 0 fully saturated rings. The Morgan fingerprint density at radius 1 is 0.929 bits per heavy atom. The van der Waals surface area contributed by atoms with Gasteiger partial charge in [-0.2, -0.15) is 0 Å². The van der Waals surface area contributed by atoms with Crippen LogP contribution in [0.2, 0.25) is 0 Å². The van der Waals surface area contributed by atoms with Crippen molar-refractivity contribution in [3.8, 4) is 0 Å². The largest absolute Gasteiger partial charge is 0.481 e. The van der Waals surface area contributed by atoms with E-state index < -0.39 is 11.4 Å². The summed E-state index contributed by atoms with van der Waals surface area (Å²) >= 11 is 0. The Bertz CT molecular complexity index is 659. The highest BCUT2D eigenvalue weighted by atomic mass is 16.5. The van der Waals surface area contributed by atoms with E-state index in [9.17, 15) is 14.7 Å². The molecule has 0 bridgehead atoms. The number of aryl methyl sites for hydroxylation is 4. The normalized spacial score (nSPS) is 12.1. The van der Waals surface area contributed by atoms with Crippen LogP contribution in [0, 0.1) is 19.3 Å². The minimum atomic E-state index is -0.718. The van der Waals surface area contributed by atoms with E-state index in [1.165, 1.54) is 22.3 Å². The predicted molar refractivity (Wildman–Crippen MR) is 114 cm³/mol. The van der Waals surface area contributed by atoms with Crippen molar-refractivity contribution < 1.29 is 19.4 Å². The van der Waals surface area contributed by atoms with Crippen molar-refractivity contribution in [1.29, 1.82) is 0 Å². The zero-order valence-electron chi connectivity index (χ0n) is 18.6. The van der Waals surface area contributed by atoms with Crippen LogP contribution in [0.5, 0.6) is 0 Å². The third kappa shape index (κ3) is 8.04. The fourth-order valence-corrected chi connectivity index (χ4v) is 3.52. The van der Waals surface area contributed by atoms with Gasteiger partial charge < -0.3 is 9.84 Å². The summed E-state index contributed by atoms with van der Waals surface area (Å²) in [4.78, 5) is 21.7. The molecule has 28 heavy (non-hydrogen) atoms. The number of hydrogen-bond acceptors (Lipinski definition) is 3. The second-order valence-electron chi connectivity index (χ2n) is 9.28. The van der Waals surface area contributed by atoms with Crippen molar-refractivity contribution in [2.45, 2.75) is 98.5 Å². The Hall–Kier alpha value is -1.84. The van der Waals surface area contributed by atoms with Gasteiger partial charge in [-0.05, 0) is 109 Å². The molecule has 0 saturated carbocycles. The number of unbranched alkanes of at least 4 members (excludes halogenated alkanes) is 2. The van der Waals surface area contributed by atoms with Gasteiger partial charge in [0.2, 0.25) is 0 Å². The lowest BCUT2D eigenvalue weighted by Crippen LogP contribution is -2.23. The monoisotopic (exact) mass is 390 g/mol. The molecule has 1 rings (SSSR count). The number of ether oxygens (including phenoxy) is 1. The molecular formula is C24H38O4. The van der Waals surface area contributed by atoms with Gasteiger partial charge >= 0.3 is 5.97 Å². The number of carbonyl (C=O) groups is 2. The number of aliphatic carboxylic acids is 1. The highest BCUT2D eigenvalue weighted by Crippen LogP contribution is 2.25. The Labute approximate surface area is 170 Å². The number of rotatable bonds is 13. The molecule has 4 nitrogen and oxygen atoms in total. The third-order valence-electron chi connectivity index (χ3n) is 5.71. The second kappa shape index (κ2) is 10.6. The van der Waals surface area contributed by atoms with Gasteiger partial charge in [0, 0.05) is 0 Å². The molecule has 0 radical (unpaired) electrons. The van der Waals surface area contributed by atoms with E-state index in [1.54, 1.807) is 13.8 Å². The maximum absolute atomic E-state index is 11.2. The van der Waals surface area contributed by atoms with Crippen LogP contribution in [0.3, 0.4) is 0 Å². The van der Waals surface area contributed by atoms with Gasteiger partial charge in [-0.3, -0.25) is 9.59 Å². The predicted octanol–water partition coefficient (Wildman–Crippen LogP) is 5.79. The lowest BCUT2D eigenvalue weighted by atomic mass is 9.86. The molecule has 0 aliphatic heterocycles. The van der Waals surface area contributed by atoms with E-state index in [-0.39, 0.29) is 5.60 Å². The molecule has 1 aromatic carbocycles. The first-order chi connectivity index (χ1) is 13.0. The molecular weight excluding hydrogens is 352 g/mol. The highest BCUT2D eigenvalue weighted by Gasteiger charge is 2.26. The van der Waals surface area contributed by atoms with Gasteiger partial charge in [0.05, 0.1) is 5.41 Å². The van der Waals surface area contributed by atoms with Gasteiger partial charge in [-0.15, -0.1) is 0 Å². The first-order valence-corrected chi connectivity index (χ1v) is 10.4. The van der Waals surface area contributed by atoms with Crippen LogP contribution in [0.1, 0.15) is 88.5 Å². The number of benzene rings is 1. The number of carboxylic acids is 1. The summed E-state index contributed by atoms with van der Waals surface area (Å²) in [6.45, 7) is 12.4. The maximum atomic E-state index is 11.2. The number of carbonyl (C=O) groups excluding carboxylic acids is 1. The SMILES string of the molecule is Cc1cc(CCCCC(C)(C)C(=O)O)c(C)cc1CCCCC(C)(C)OC=O. The molecule has 0 amide bonds. The number of hydrogen-bond donors (Lipinski definition) is 1. The Kier molecular flexibility index (Phi) is 9.19. The van der Waals surface area contributed by atoms with Crippen molar-refractivity contribution in [1.82, 2.24) is 0 Å². The Morgan fingerprint density at radius 2 is 1.39 bits per heavy atom. The minimum Gasteiger partial charge on any atom is -0.481 e. The summed E-state index contributed by atoms with van der Waals surface area (Å²) in [7, 11) is 0.